The van der Waals surface area contributed by atoms with Crippen molar-refractivity contribution in [3.8, 4) is 0 Å². The fraction of sp³-hybridized carbons (Fsp3) is 0.833. The molecule has 0 N–H and O–H groups in total. The summed E-state index contributed by atoms with van der Waals surface area (Å²) in [5.74, 6) is -1.01. The molecule has 3 aliphatic rings. The number of unbranched alkanes of at least 4 members (excludes halogenated alkanes) is 2. The number of hydrogen-bond acceptors (Lipinski definition) is 1. The molecule has 2 saturated carbocycles. The topological polar surface area (TPSA) is 9.23 Å². The van der Waals surface area contributed by atoms with Crippen LogP contribution >= 0.6 is 0 Å². The van der Waals surface area contributed by atoms with Crippen molar-refractivity contribution in [1.82, 2.24) is 0 Å². The maximum atomic E-state index is 14.5. The zero-order valence-electron chi connectivity index (χ0n) is 17.7. The van der Waals surface area contributed by atoms with Crippen LogP contribution in [-0.2, 0) is 4.74 Å². The first kappa shape index (κ1) is 22.8. The number of alkyl halides is 3. The first-order valence-corrected chi connectivity index (χ1v) is 11.6. The van der Waals surface area contributed by atoms with Gasteiger partial charge in [0, 0.05) is 0 Å². The lowest BCUT2D eigenvalue weighted by molar-refractivity contribution is -0.239. The summed E-state index contributed by atoms with van der Waals surface area (Å²) in [5, 5.41) is 0. The minimum Gasteiger partial charge on any atom is -0.281 e. The summed E-state index contributed by atoms with van der Waals surface area (Å²) in [5.41, 5.74) is 0.495. The molecule has 5 heteroatoms. The van der Waals surface area contributed by atoms with Gasteiger partial charge in [-0.3, -0.25) is 4.74 Å². The van der Waals surface area contributed by atoms with Crippen LogP contribution in [0.3, 0.4) is 0 Å². The van der Waals surface area contributed by atoms with E-state index in [2.05, 4.69) is 11.7 Å². The van der Waals surface area contributed by atoms with E-state index < -0.39 is 24.7 Å². The Bertz CT molecular complexity index is 571. The predicted octanol–water partition coefficient (Wildman–Crippen LogP) is 8.27. The van der Waals surface area contributed by atoms with Gasteiger partial charge in [-0.2, -0.15) is 8.78 Å². The molecular formula is C24H36F4O. The first-order chi connectivity index (χ1) is 13.9. The van der Waals surface area contributed by atoms with Gasteiger partial charge in [-0.1, -0.05) is 45.4 Å². The lowest BCUT2D eigenvalue weighted by atomic mass is 9.67. The van der Waals surface area contributed by atoms with Crippen LogP contribution in [0.4, 0.5) is 17.6 Å². The second-order valence-electron chi connectivity index (χ2n) is 9.47. The van der Waals surface area contributed by atoms with Gasteiger partial charge in [0.1, 0.15) is 5.83 Å². The molecule has 3 rings (SSSR count). The summed E-state index contributed by atoms with van der Waals surface area (Å²) in [6.07, 6.45) is 16.3. The van der Waals surface area contributed by atoms with Gasteiger partial charge in [0.25, 0.3) is 0 Å². The van der Waals surface area contributed by atoms with Gasteiger partial charge < -0.3 is 0 Å². The van der Waals surface area contributed by atoms with Crippen LogP contribution < -0.4 is 0 Å². The van der Waals surface area contributed by atoms with Crippen molar-refractivity contribution in [2.45, 2.75) is 103 Å². The van der Waals surface area contributed by atoms with Crippen molar-refractivity contribution in [1.29, 1.82) is 0 Å². The largest absolute Gasteiger partial charge is 0.348 e. The van der Waals surface area contributed by atoms with Crippen molar-refractivity contribution in [2.24, 2.45) is 23.7 Å². The normalized spacial score (nSPS) is 36.1. The maximum absolute atomic E-state index is 14.5. The molecule has 0 saturated heterocycles. The molecule has 0 radical (unpaired) electrons. The third-order valence-corrected chi connectivity index (χ3v) is 7.42. The van der Waals surface area contributed by atoms with Crippen LogP contribution in [0.5, 0.6) is 0 Å². The lowest BCUT2D eigenvalue weighted by Gasteiger charge is -2.39. The Balaban J connectivity index is 1.48. The van der Waals surface area contributed by atoms with E-state index in [0.717, 1.165) is 43.6 Å². The fourth-order valence-corrected chi connectivity index (χ4v) is 5.82. The highest BCUT2D eigenvalue weighted by molar-refractivity contribution is 5.32. The molecule has 1 atom stereocenters. The van der Waals surface area contributed by atoms with E-state index in [9.17, 15) is 17.6 Å². The highest BCUT2D eigenvalue weighted by Crippen LogP contribution is 2.45. The molecule has 166 valence electrons. The molecule has 3 aliphatic carbocycles. The molecule has 0 spiro atoms. The molecule has 0 bridgehead atoms. The van der Waals surface area contributed by atoms with E-state index in [1.807, 2.05) is 0 Å². The van der Waals surface area contributed by atoms with Gasteiger partial charge in [-0.25, -0.2) is 8.78 Å². The number of halogens is 4. The summed E-state index contributed by atoms with van der Waals surface area (Å²) in [6.45, 7) is -1.00. The fourth-order valence-electron chi connectivity index (χ4n) is 5.82. The van der Waals surface area contributed by atoms with E-state index in [0.29, 0.717) is 11.5 Å². The Hall–Kier alpha value is -0.840. The van der Waals surface area contributed by atoms with Gasteiger partial charge >= 0.3 is 6.61 Å². The highest BCUT2D eigenvalue weighted by Gasteiger charge is 2.39. The predicted molar refractivity (Wildman–Crippen MR) is 108 cm³/mol. The van der Waals surface area contributed by atoms with Gasteiger partial charge in [-0.05, 0) is 79.9 Å². The lowest BCUT2D eigenvalue weighted by Crippen LogP contribution is -2.31. The molecule has 0 aromatic carbocycles. The summed E-state index contributed by atoms with van der Waals surface area (Å²) in [4.78, 5) is 0. The minimum absolute atomic E-state index is 0.0408. The number of hydrogen-bond donors (Lipinski definition) is 0. The highest BCUT2D eigenvalue weighted by atomic mass is 19.3. The summed E-state index contributed by atoms with van der Waals surface area (Å²) >= 11 is 0. The quantitative estimate of drug-likeness (QED) is 0.286. The molecule has 0 amide bonds. The molecular weight excluding hydrogens is 380 g/mol. The van der Waals surface area contributed by atoms with Crippen LogP contribution in [0.2, 0.25) is 0 Å². The Morgan fingerprint density at radius 1 is 1.00 bits per heavy atom. The maximum Gasteiger partial charge on any atom is 0.348 e. The molecule has 0 aromatic rings. The molecule has 2 fully saturated rings. The SMILES string of the molecule is CCCCCC1CCC(C2CCC(C3=CC(F)(OC(F)F)CC(F)=C3)CC2)CC1. The standard InChI is InChI=1S/C24H36F4O/c1-2-3-4-5-17-6-8-18(9-7-17)19-10-12-20(13-11-19)21-14-22(25)16-24(28,15-21)29-23(26)27/h14-15,17-20,23H,2-13,16H2,1H3. The second kappa shape index (κ2) is 10.5. The molecule has 29 heavy (non-hydrogen) atoms. The second-order valence-corrected chi connectivity index (χ2v) is 9.47. The summed E-state index contributed by atoms with van der Waals surface area (Å²) < 4.78 is 57.5. The average molecular weight is 417 g/mol. The van der Waals surface area contributed by atoms with Gasteiger partial charge in [0.05, 0.1) is 6.42 Å². The zero-order valence-corrected chi connectivity index (χ0v) is 17.7. The van der Waals surface area contributed by atoms with E-state index in [1.54, 1.807) is 0 Å². The van der Waals surface area contributed by atoms with E-state index in [4.69, 9.17) is 0 Å². The van der Waals surface area contributed by atoms with Crippen molar-refractivity contribution in [3.63, 3.8) is 0 Å². The van der Waals surface area contributed by atoms with Crippen LogP contribution in [0.25, 0.3) is 0 Å². The summed E-state index contributed by atoms with van der Waals surface area (Å²) in [7, 11) is 0. The van der Waals surface area contributed by atoms with Crippen LogP contribution in [0.1, 0.15) is 90.4 Å². The monoisotopic (exact) mass is 416 g/mol. The van der Waals surface area contributed by atoms with Crippen LogP contribution in [0.15, 0.2) is 23.6 Å². The van der Waals surface area contributed by atoms with Crippen molar-refractivity contribution in [2.75, 3.05) is 0 Å². The number of allylic oxidation sites excluding steroid dienone is 2. The van der Waals surface area contributed by atoms with Crippen LogP contribution in [0, 0.1) is 23.7 Å². The molecule has 0 aromatic heterocycles. The number of ether oxygens (including phenoxy) is 1. The van der Waals surface area contributed by atoms with Crippen LogP contribution in [-0.4, -0.2) is 12.5 Å². The average Bonchev–Trinajstić information content (AvgIpc) is 2.67. The smallest absolute Gasteiger partial charge is 0.281 e. The number of rotatable bonds is 8. The summed E-state index contributed by atoms with van der Waals surface area (Å²) in [6, 6.07) is 0. The Morgan fingerprint density at radius 3 is 2.21 bits per heavy atom. The Morgan fingerprint density at radius 2 is 1.62 bits per heavy atom. The van der Waals surface area contributed by atoms with Crippen molar-refractivity contribution >= 4 is 0 Å². The van der Waals surface area contributed by atoms with Crippen molar-refractivity contribution < 1.29 is 22.3 Å². The molecule has 0 aliphatic heterocycles. The van der Waals surface area contributed by atoms with E-state index in [1.165, 1.54) is 57.4 Å². The first-order valence-electron chi connectivity index (χ1n) is 11.6. The minimum atomic E-state index is -3.25. The Labute approximate surface area is 173 Å². The van der Waals surface area contributed by atoms with E-state index in [-0.39, 0.29) is 5.92 Å². The third kappa shape index (κ3) is 6.57. The van der Waals surface area contributed by atoms with Crippen molar-refractivity contribution in [3.05, 3.63) is 23.6 Å². The third-order valence-electron chi connectivity index (χ3n) is 7.42. The molecule has 0 heterocycles. The Kier molecular flexibility index (Phi) is 8.23. The molecule has 1 unspecified atom stereocenters. The van der Waals surface area contributed by atoms with Gasteiger partial charge in [-0.15, -0.1) is 0 Å². The van der Waals surface area contributed by atoms with Gasteiger partial charge in [0.15, 0.2) is 0 Å². The molecule has 1 nitrogen and oxygen atoms in total. The van der Waals surface area contributed by atoms with E-state index >= 15 is 0 Å². The zero-order chi connectivity index (χ0) is 20.9. The van der Waals surface area contributed by atoms with Gasteiger partial charge in [0.2, 0.25) is 5.85 Å².